The summed E-state index contributed by atoms with van der Waals surface area (Å²) in [6, 6.07) is 31.8. The number of nitrogens with two attached hydrogens (primary N) is 1. The third-order valence-electron chi connectivity index (χ3n) is 15.8. The van der Waals surface area contributed by atoms with E-state index in [0.29, 0.717) is 82.3 Å². The molecule has 0 bridgehead atoms. The van der Waals surface area contributed by atoms with Crippen LogP contribution in [0.25, 0.3) is 10.4 Å². The van der Waals surface area contributed by atoms with Crippen LogP contribution in [0.3, 0.4) is 0 Å². The number of para-hydroxylation sites is 3. The van der Waals surface area contributed by atoms with Gasteiger partial charge in [-0.25, -0.2) is 41.4 Å². The molecule has 6 heterocycles. The first-order valence-corrected chi connectivity index (χ1v) is 31.0. The summed E-state index contributed by atoms with van der Waals surface area (Å²) < 4.78 is 103. The molecule has 89 heavy (non-hydrogen) atoms. The van der Waals surface area contributed by atoms with Gasteiger partial charge in [0.15, 0.2) is 14.6 Å². The van der Waals surface area contributed by atoms with Crippen molar-refractivity contribution in [2.75, 3.05) is 39.5 Å². The predicted octanol–water partition coefficient (Wildman–Crippen LogP) is 12.9. The van der Waals surface area contributed by atoms with E-state index in [0.717, 1.165) is 77.7 Å². The first-order chi connectivity index (χ1) is 42.9. The molecule has 0 saturated carbocycles. The lowest BCUT2D eigenvalue weighted by Gasteiger charge is -2.45. The Balaban J connectivity index is 0.000000147. The molecule has 3 N–H and O–H groups in total. The Labute approximate surface area is 521 Å². The Kier molecular flexibility index (Phi) is 19.7. The number of amides is 3. The molecule has 17 nitrogen and oxygen atoms in total. The van der Waals surface area contributed by atoms with Gasteiger partial charge < -0.3 is 25.1 Å². The molecule has 0 aliphatic carbocycles. The van der Waals surface area contributed by atoms with E-state index in [2.05, 4.69) is 25.3 Å². The largest absolute Gasteiger partial charge is 0.493 e. The van der Waals surface area contributed by atoms with Crippen molar-refractivity contribution in [2.45, 2.75) is 73.9 Å². The lowest BCUT2D eigenvalue weighted by molar-refractivity contribution is -0.135. The van der Waals surface area contributed by atoms with E-state index in [1.54, 1.807) is 0 Å². The lowest BCUT2D eigenvalue weighted by atomic mass is 9.86. The Bertz CT molecular complexity index is 3690. The number of azide groups is 1. The van der Waals surface area contributed by atoms with Crippen LogP contribution in [-0.2, 0) is 29.0 Å². The quantitative estimate of drug-likeness (QED) is 0.0364. The molecule has 6 aliphatic heterocycles. The SMILES string of the molecule is CC(=O)N1N=C(c2cc(F)ccc2F)S[C@@]12c1ccccc1OC[C@H]2CCCN.CC(=O)N1N=C(c2cc(F)ccc2F)S[C@@]12c1ccccc1OC[C@H]2CCCN=[N+]=[N-].CC(=O)N1N=C(c2cc(F)ccc2F)S[C@@]12c1ccccc1OC[C@H]2CCCO. The average molecular weight is 1280 g/mol. The number of aliphatic hydroxyl groups excluding tert-OH is 1. The minimum atomic E-state index is -0.981. The van der Waals surface area contributed by atoms with Crippen molar-refractivity contribution in [3.05, 3.63) is 206 Å². The number of hydrazone groups is 3. The summed E-state index contributed by atoms with van der Waals surface area (Å²) in [4.78, 5) is 37.9. The van der Waals surface area contributed by atoms with Crippen LogP contribution in [0, 0.1) is 52.7 Å². The standard InChI is InChI=1S/C21H19F2N5O2S.C21H21F2N3O2S.C21H20F2N2O3S/c1-13(29)28-21(31-20(26-28)16-11-15(22)8-9-18(16)23)14(5-4-10-25-27-24)12-30-19-7-3-2-6-17(19)21;1-13(27)26-21(29-20(25-26)16-11-15(22)8-9-18(16)23)14(5-4-10-24)12-28-19-7-3-2-6-17(19)21;1-13(27)25-21(29-20(24-25)16-11-15(22)8-9-18(16)23)14(5-4-10-26)12-28-19-7-3-2-6-17(19)21/h2-3,6-9,11,14H,4-5,10,12H2,1H3;2-3,6-9,11,14H,4-5,10,12,24H2,1H3;2-3,6-9,11,14,26H,4-5,10,12H2,1H3/t3*14-,21+/m111/s1. The van der Waals surface area contributed by atoms with Crippen LogP contribution in [0.1, 0.15) is 92.7 Å². The Hall–Kier alpha value is -8.00. The van der Waals surface area contributed by atoms with Crippen LogP contribution < -0.4 is 19.9 Å². The number of ether oxygens (including phenoxy) is 3. The molecule has 6 aromatic carbocycles. The highest BCUT2D eigenvalue weighted by molar-refractivity contribution is 8.16. The minimum Gasteiger partial charge on any atom is -0.493 e. The average Bonchev–Trinajstić information content (AvgIpc) is 1.66. The summed E-state index contributed by atoms with van der Waals surface area (Å²) in [5.41, 5.74) is 16.6. The van der Waals surface area contributed by atoms with Crippen molar-refractivity contribution < 1.29 is 60.0 Å². The zero-order valence-electron chi connectivity index (χ0n) is 48.3. The molecule has 6 aliphatic rings. The summed E-state index contributed by atoms with van der Waals surface area (Å²) in [6.07, 6.45) is 3.71. The number of carbonyl (C=O) groups excluding carboxylic acids is 3. The van der Waals surface area contributed by atoms with Gasteiger partial charge in [-0.1, -0.05) is 95.0 Å². The number of rotatable bonds is 13. The monoisotopic (exact) mass is 1280 g/mol. The van der Waals surface area contributed by atoms with E-state index in [-0.39, 0.29) is 73.9 Å². The van der Waals surface area contributed by atoms with Gasteiger partial charge in [-0.3, -0.25) is 14.4 Å². The van der Waals surface area contributed by atoms with Gasteiger partial charge in [-0.05, 0) is 123 Å². The first kappa shape index (κ1) is 64.0. The van der Waals surface area contributed by atoms with Gasteiger partial charge in [-0.2, -0.15) is 15.3 Å². The van der Waals surface area contributed by atoms with Gasteiger partial charge in [0.1, 0.15) is 67.3 Å². The molecule has 0 fully saturated rings. The Morgan fingerprint density at radius 3 is 1.19 bits per heavy atom. The maximum Gasteiger partial charge on any atom is 0.241 e. The molecule has 3 spiro atoms. The fraction of sp³-hybridized carbons (Fsp3) is 0.333. The Morgan fingerprint density at radius 2 is 0.876 bits per heavy atom. The smallest absolute Gasteiger partial charge is 0.241 e. The van der Waals surface area contributed by atoms with Gasteiger partial charge in [-0.15, -0.1) is 0 Å². The number of hydrogen-bond donors (Lipinski definition) is 2. The number of hydrogen-bond acceptors (Lipinski definition) is 15. The molecule has 0 radical (unpaired) electrons. The van der Waals surface area contributed by atoms with Crippen molar-refractivity contribution in [3.8, 4) is 17.2 Å². The topological polar surface area (TPSA) is 221 Å². The van der Waals surface area contributed by atoms with Crippen molar-refractivity contribution in [1.82, 2.24) is 15.0 Å². The summed E-state index contributed by atoms with van der Waals surface area (Å²) >= 11 is 3.74. The second-order valence-electron chi connectivity index (χ2n) is 21.4. The van der Waals surface area contributed by atoms with Gasteiger partial charge in [0, 0.05) is 90.0 Å². The maximum atomic E-state index is 14.6. The van der Waals surface area contributed by atoms with Gasteiger partial charge in [0.2, 0.25) is 17.7 Å². The minimum absolute atomic E-state index is 0.00456. The molecule has 0 aromatic heterocycles. The molecule has 3 amide bonds. The van der Waals surface area contributed by atoms with E-state index >= 15 is 0 Å². The number of benzene rings is 6. The summed E-state index contributed by atoms with van der Waals surface area (Å²) in [7, 11) is 0. The number of fused-ring (bicyclic) bond motifs is 6. The normalized spacial score (nSPS) is 22.6. The van der Waals surface area contributed by atoms with Crippen molar-refractivity contribution in [1.29, 1.82) is 0 Å². The highest BCUT2D eigenvalue weighted by Crippen LogP contribution is 2.61. The van der Waals surface area contributed by atoms with Crippen LogP contribution in [0.5, 0.6) is 17.2 Å². The van der Waals surface area contributed by atoms with Gasteiger partial charge in [0.05, 0.1) is 19.8 Å². The molecule has 6 atom stereocenters. The third-order valence-corrected chi connectivity index (χ3v) is 20.4. The van der Waals surface area contributed by atoms with Gasteiger partial charge >= 0.3 is 0 Å². The molecule has 26 heteroatoms. The molecule has 0 saturated heterocycles. The second-order valence-corrected chi connectivity index (χ2v) is 25.0. The number of carbonyl (C=O) groups is 3. The van der Waals surface area contributed by atoms with E-state index in [9.17, 15) is 45.8 Å². The molecule has 464 valence electrons. The van der Waals surface area contributed by atoms with Crippen LogP contribution in [0.15, 0.2) is 148 Å². The molecule has 12 rings (SSSR count). The van der Waals surface area contributed by atoms with E-state index in [4.69, 9.17) is 25.5 Å². The van der Waals surface area contributed by atoms with Crippen LogP contribution >= 0.6 is 35.3 Å². The highest BCUT2D eigenvalue weighted by atomic mass is 32.2. The fourth-order valence-electron chi connectivity index (χ4n) is 11.9. The number of halogens is 6. The molecular formula is C63H60F6N10O7S3. The Morgan fingerprint density at radius 1 is 0.551 bits per heavy atom. The zero-order chi connectivity index (χ0) is 63.2. The molecule has 0 unspecified atom stereocenters. The molecule has 6 aromatic rings. The summed E-state index contributed by atoms with van der Waals surface area (Å²) in [5, 5.41) is 31.1. The van der Waals surface area contributed by atoms with Crippen LogP contribution in [0.4, 0.5) is 26.3 Å². The van der Waals surface area contributed by atoms with E-state index in [1.807, 2.05) is 72.8 Å². The first-order valence-electron chi connectivity index (χ1n) is 28.5. The summed E-state index contributed by atoms with van der Waals surface area (Å²) in [6.45, 7) is 6.04. The number of nitrogens with zero attached hydrogens (tertiary/aromatic N) is 9. The maximum absolute atomic E-state index is 14.6. The third kappa shape index (κ3) is 12.4. The van der Waals surface area contributed by atoms with Crippen molar-refractivity contribution in [3.63, 3.8) is 0 Å². The van der Waals surface area contributed by atoms with Crippen molar-refractivity contribution in [2.24, 2.45) is 43.9 Å². The van der Waals surface area contributed by atoms with Crippen molar-refractivity contribution >= 4 is 68.1 Å². The predicted molar refractivity (Wildman–Crippen MR) is 328 cm³/mol. The number of thioether (sulfide) groups is 3. The van der Waals surface area contributed by atoms with Crippen LogP contribution in [-0.4, -0.2) is 92.5 Å². The van der Waals surface area contributed by atoms with E-state index < -0.39 is 49.5 Å². The van der Waals surface area contributed by atoms with Gasteiger partial charge in [0.25, 0.3) is 0 Å². The fourth-order valence-corrected chi connectivity index (χ4v) is 16.6. The zero-order valence-corrected chi connectivity index (χ0v) is 50.8. The molecular weight excluding hydrogens is 1220 g/mol. The highest BCUT2D eigenvalue weighted by Gasteiger charge is 2.59. The lowest BCUT2D eigenvalue weighted by Crippen LogP contribution is -2.50. The van der Waals surface area contributed by atoms with Crippen LogP contribution in [0.2, 0.25) is 0 Å². The summed E-state index contributed by atoms with van der Waals surface area (Å²) in [5.74, 6) is -3.09. The van der Waals surface area contributed by atoms with E-state index in [1.165, 1.54) is 71.1 Å². The second kappa shape index (κ2) is 27.4. The number of aliphatic hydroxyl groups is 1.